The van der Waals surface area contributed by atoms with Crippen molar-refractivity contribution >= 4 is 33.2 Å². The van der Waals surface area contributed by atoms with Crippen LogP contribution < -0.4 is 14.4 Å². The lowest BCUT2D eigenvalue weighted by atomic mass is 10.1. The minimum Gasteiger partial charge on any atom is -0.492 e. The van der Waals surface area contributed by atoms with Crippen LogP contribution in [0.2, 0.25) is 5.02 Å². The van der Waals surface area contributed by atoms with E-state index in [1.807, 2.05) is 45.0 Å². The number of carbonyl (C=O) groups excluding carboxylic acids is 1. The average Bonchev–Trinajstić information content (AvgIpc) is 2.67. The van der Waals surface area contributed by atoms with E-state index in [0.29, 0.717) is 22.9 Å². The summed E-state index contributed by atoms with van der Waals surface area (Å²) in [5, 5.41) is 3.39. The first kappa shape index (κ1) is 24.0. The molecule has 2 aromatic carbocycles. The van der Waals surface area contributed by atoms with Gasteiger partial charge in [-0.05, 0) is 62.1 Å². The second kappa shape index (κ2) is 10.2. The molecule has 30 heavy (non-hydrogen) atoms. The highest BCUT2D eigenvalue weighted by Crippen LogP contribution is 2.27. The van der Waals surface area contributed by atoms with Crippen molar-refractivity contribution in [3.63, 3.8) is 0 Å². The highest BCUT2D eigenvalue weighted by Gasteiger charge is 2.32. The molecule has 6 nitrogen and oxygen atoms in total. The molecule has 0 fully saturated rings. The summed E-state index contributed by atoms with van der Waals surface area (Å²) in [5.41, 5.74) is 3.18. The van der Waals surface area contributed by atoms with E-state index in [1.54, 1.807) is 19.1 Å². The summed E-state index contributed by atoms with van der Waals surface area (Å²) in [6.45, 7) is 7.89. The fourth-order valence-electron chi connectivity index (χ4n) is 3.12. The van der Waals surface area contributed by atoms with Gasteiger partial charge in [-0.2, -0.15) is 0 Å². The molecule has 164 valence electrons. The van der Waals surface area contributed by atoms with Crippen LogP contribution in [-0.2, 0) is 14.8 Å². The monoisotopic (exact) mass is 452 g/mol. The number of ether oxygens (including phenoxy) is 1. The SMILES string of the molecule is CC[C@H](C(=O)NCCOc1ccc(C)c(Cl)c1)N(c1cc(C)ccc1C)S(C)(=O)=O. The van der Waals surface area contributed by atoms with Crippen LogP contribution in [0, 0.1) is 20.8 Å². The third kappa shape index (κ3) is 6.12. The van der Waals surface area contributed by atoms with E-state index in [9.17, 15) is 13.2 Å². The molecule has 0 unspecified atom stereocenters. The zero-order valence-corrected chi connectivity index (χ0v) is 19.6. The maximum absolute atomic E-state index is 12.8. The molecule has 0 aromatic heterocycles. The van der Waals surface area contributed by atoms with Crippen molar-refractivity contribution < 1.29 is 17.9 Å². The summed E-state index contributed by atoms with van der Waals surface area (Å²) in [7, 11) is -3.67. The molecule has 2 aromatic rings. The van der Waals surface area contributed by atoms with Gasteiger partial charge in [-0.25, -0.2) is 8.42 Å². The minimum absolute atomic E-state index is 0.240. The Balaban J connectivity index is 2.10. The predicted molar refractivity (Wildman–Crippen MR) is 122 cm³/mol. The number of nitrogens with zero attached hydrogens (tertiary/aromatic N) is 1. The number of hydrogen-bond donors (Lipinski definition) is 1. The van der Waals surface area contributed by atoms with E-state index >= 15 is 0 Å². The molecule has 0 aliphatic carbocycles. The highest BCUT2D eigenvalue weighted by molar-refractivity contribution is 7.92. The maximum atomic E-state index is 12.8. The molecule has 0 bridgehead atoms. The lowest BCUT2D eigenvalue weighted by Crippen LogP contribution is -2.50. The third-order valence-corrected chi connectivity index (χ3v) is 6.32. The van der Waals surface area contributed by atoms with Crippen molar-refractivity contribution in [1.29, 1.82) is 0 Å². The fourth-order valence-corrected chi connectivity index (χ4v) is 4.55. The van der Waals surface area contributed by atoms with Crippen molar-refractivity contribution in [2.75, 3.05) is 23.7 Å². The number of halogens is 1. The standard InChI is InChI=1S/C22H29ClN2O4S/c1-6-20(25(30(5,27)28)21-13-15(2)7-8-17(21)4)22(26)24-11-12-29-18-10-9-16(3)19(23)14-18/h7-10,13-14,20H,6,11-12H2,1-5H3,(H,24,26)/t20-/m1/s1. The average molecular weight is 453 g/mol. The summed E-state index contributed by atoms with van der Waals surface area (Å²) < 4.78 is 32.0. The van der Waals surface area contributed by atoms with Crippen LogP contribution in [-0.4, -0.2) is 39.8 Å². The Labute approximate surface area is 184 Å². The van der Waals surface area contributed by atoms with Crippen molar-refractivity contribution in [3.05, 3.63) is 58.1 Å². The van der Waals surface area contributed by atoms with Crippen molar-refractivity contribution in [2.45, 2.75) is 40.2 Å². The molecular formula is C22H29ClN2O4S. The number of hydrogen-bond acceptors (Lipinski definition) is 4. The second-order valence-corrected chi connectivity index (χ2v) is 9.59. The lowest BCUT2D eigenvalue weighted by Gasteiger charge is -2.31. The smallest absolute Gasteiger partial charge is 0.244 e. The number of nitrogens with one attached hydrogen (secondary N) is 1. The first-order chi connectivity index (χ1) is 14.0. The van der Waals surface area contributed by atoms with E-state index in [2.05, 4.69) is 5.32 Å². The molecule has 0 aliphatic rings. The van der Waals surface area contributed by atoms with Crippen LogP contribution in [0.4, 0.5) is 5.69 Å². The van der Waals surface area contributed by atoms with E-state index in [-0.39, 0.29) is 19.1 Å². The Morgan fingerprint density at radius 3 is 2.40 bits per heavy atom. The van der Waals surface area contributed by atoms with Gasteiger partial charge in [0.25, 0.3) is 0 Å². The topological polar surface area (TPSA) is 75.7 Å². The molecule has 0 saturated carbocycles. The summed E-state index contributed by atoms with van der Waals surface area (Å²) in [4.78, 5) is 12.8. The number of rotatable bonds is 9. The van der Waals surface area contributed by atoms with Gasteiger partial charge in [0.1, 0.15) is 18.4 Å². The van der Waals surface area contributed by atoms with Crippen LogP contribution in [0.25, 0.3) is 0 Å². The highest BCUT2D eigenvalue weighted by atomic mass is 35.5. The van der Waals surface area contributed by atoms with Gasteiger partial charge < -0.3 is 10.1 Å². The molecule has 1 N–H and O–H groups in total. The quantitative estimate of drug-likeness (QED) is 0.583. The number of aryl methyl sites for hydroxylation is 3. The Morgan fingerprint density at radius 1 is 1.13 bits per heavy atom. The van der Waals surface area contributed by atoms with Gasteiger partial charge in [-0.3, -0.25) is 9.10 Å². The van der Waals surface area contributed by atoms with Crippen LogP contribution in [0.3, 0.4) is 0 Å². The summed E-state index contributed by atoms with van der Waals surface area (Å²) in [5.74, 6) is 0.245. The zero-order valence-electron chi connectivity index (χ0n) is 18.0. The number of sulfonamides is 1. The third-order valence-electron chi connectivity index (χ3n) is 4.75. The summed E-state index contributed by atoms with van der Waals surface area (Å²) in [6, 6.07) is 10.1. The van der Waals surface area contributed by atoms with Crippen LogP contribution in [0.5, 0.6) is 5.75 Å². The van der Waals surface area contributed by atoms with E-state index in [0.717, 1.165) is 22.9 Å². The van der Waals surface area contributed by atoms with Gasteiger partial charge >= 0.3 is 0 Å². The normalized spacial score (nSPS) is 12.3. The number of carbonyl (C=O) groups is 1. The molecule has 0 spiro atoms. The van der Waals surface area contributed by atoms with Crippen molar-refractivity contribution in [3.8, 4) is 5.75 Å². The van der Waals surface area contributed by atoms with E-state index < -0.39 is 16.1 Å². The predicted octanol–water partition coefficient (Wildman–Crippen LogP) is 4.01. The van der Waals surface area contributed by atoms with Gasteiger partial charge in [0.15, 0.2) is 0 Å². The Morgan fingerprint density at radius 2 is 1.80 bits per heavy atom. The van der Waals surface area contributed by atoms with Gasteiger partial charge in [0, 0.05) is 5.02 Å². The van der Waals surface area contributed by atoms with E-state index in [1.165, 1.54) is 4.31 Å². The van der Waals surface area contributed by atoms with Crippen LogP contribution in [0.1, 0.15) is 30.0 Å². The first-order valence-electron chi connectivity index (χ1n) is 9.78. The minimum atomic E-state index is -3.67. The largest absolute Gasteiger partial charge is 0.492 e. The molecular weight excluding hydrogens is 424 g/mol. The molecule has 1 amide bonds. The zero-order chi connectivity index (χ0) is 22.5. The van der Waals surface area contributed by atoms with Crippen molar-refractivity contribution in [1.82, 2.24) is 5.32 Å². The van der Waals surface area contributed by atoms with Gasteiger partial charge in [0.05, 0.1) is 18.5 Å². The van der Waals surface area contributed by atoms with Gasteiger partial charge in [-0.1, -0.05) is 36.7 Å². The van der Waals surface area contributed by atoms with Crippen molar-refractivity contribution in [2.24, 2.45) is 0 Å². The Kier molecular flexibility index (Phi) is 8.15. The van der Waals surface area contributed by atoms with Gasteiger partial charge in [-0.15, -0.1) is 0 Å². The van der Waals surface area contributed by atoms with Gasteiger partial charge in [0.2, 0.25) is 15.9 Å². The lowest BCUT2D eigenvalue weighted by molar-refractivity contribution is -0.122. The molecule has 1 atom stereocenters. The molecule has 2 rings (SSSR count). The molecule has 0 heterocycles. The van der Waals surface area contributed by atoms with Crippen LogP contribution in [0.15, 0.2) is 36.4 Å². The molecule has 0 radical (unpaired) electrons. The first-order valence-corrected chi connectivity index (χ1v) is 12.0. The second-order valence-electron chi connectivity index (χ2n) is 7.32. The number of anilines is 1. The molecule has 0 saturated heterocycles. The van der Waals surface area contributed by atoms with E-state index in [4.69, 9.17) is 16.3 Å². The summed E-state index contributed by atoms with van der Waals surface area (Å²) in [6.07, 6.45) is 1.45. The molecule has 0 aliphatic heterocycles. The Hall–Kier alpha value is -2.25. The fraction of sp³-hybridized carbons (Fsp3) is 0.409. The summed E-state index contributed by atoms with van der Waals surface area (Å²) >= 11 is 6.08. The Bertz CT molecular complexity index is 1010. The molecule has 8 heteroatoms. The number of benzene rings is 2. The maximum Gasteiger partial charge on any atom is 0.244 e. The van der Waals surface area contributed by atoms with Crippen LogP contribution >= 0.6 is 11.6 Å². The number of amides is 1.